The summed E-state index contributed by atoms with van der Waals surface area (Å²) in [6.07, 6.45) is 2.94. The van der Waals surface area contributed by atoms with Crippen molar-refractivity contribution in [2.75, 3.05) is 5.73 Å². The van der Waals surface area contributed by atoms with E-state index in [1.54, 1.807) is 0 Å². The molecule has 0 saturated heterocycles. The summed E-state index contributed by atoms with van der Waals surface area (Å²) in [6, 6.07) is 13.6. The van der Waals surface area contributed by atoms with E-state index in [0.717, 1.165) is 34.7 Å². The molecule has 1 unspecified atom stereocenters. The van der Waals surface area contributed by atoms with Crippen LogP contribution in [0.2, 0.25) is 5.02 Å². The van der Waals surface area contributed by atoms with Crippen LogP contribution in [-0.2, 0) is 17.6 Å². The molecule has 2 aromatic carbocycles. The van der Waals surface area contributed by atoms with E-state index in [4.69, 9.17) is 17.3 Å². The maximum Gasteiger partial charge on any atom is 0.220 e. The Morgan fingerprint density at radius 2 is 2.05 bits per heavy atom. The van der Waals surface area contributed by atoms with Crippen LogP contribution in [0.5, 0.6) is 0 Å². The van der Waals surface area contributed by atoms with E-state index in [-0.39, 0.29) is 11.9 Å². The number of amides is 1. The first-order valence-electron chi connectivity index (χ1n) is 7.55. The Balaban J connectivity index is 1.60. The second-order valence-corrected chi connectivity index (χ2v) is 6.07. The Hall–Kier alpha value is -2.00. The number of hydrogen-bond donors (Lipinski definition) is 2. The van der Waals surface area contributed by atoms with Gasteiger partial charge in [-0.3, -0.25) is 4.79 Å². The highest BCUT2D eigenvalue weighted by Gasteiger charge is 2.25. The second kappa shape index (κ2) is 6.41. The molecule has 1 aliphatic rings. The Morgan fingerprint density at radius 1 is 1.23 bits per heavy atom. The van der Waals surface area contributed by atoms with E-state index >= 15 is 0 Å². The van der Waals surface area contributed by atoms with Crippen LogP contribution in [0.4, 0.5) is 5.69 Å². The average molecular weight is 315 g/mol. The number of anilines is 1. The Bertz CT molecular complexity index is 699. The number of nitrogen functional groups attached to an aromatic ring is 1. The minimum atomic E-state index is 0.0566. The van der Waals surface area contributed by atoms with Gasteiger partial charge in [-0.2, -0.15) is 0 Å². The summed E-state index contributed by atoms with van der Waals surface area (Å²) in [6.45, 7) is 0. The Labute approximate surface area is 135 Å². The number of nitrogens with one attached hydrogen (secondary N) is 1. The summed E-state index contributed by atoms with van der Waals surface area (Å²) in [4.78, 5) is 12.2. The lowest BCUT2D eigenvalue weighted by molar-refractivity contribution is -0.121. The maximum absolute atomic E-state index is 12.2. The molecule has 0 fully saturated rings. The number of carbonyl (C=O) groups excluding carboxylic acids is 1. The van der Waals surface area contributed by atoms with E-state index in [2.05, 4.69) is 5.32 Å². The first-order valence-corrected chi connectivity index (χ1v) is 7.93. The minimum absolute atomic E-state index is 0.0566. The van der Waals surface area contributed by atoms with Gasteiger partial charge in [-0.05, 0) is 48.1 Å². The fourth-order valence-corrected chi connectivity index (χ4v) is 3.31. The summed E-state index contributed by atoms with van der Waals surface area (Å²) in [5.41, 5.74) is 9.99. The number of fused-ring (bicyclic) bond motifs is 1. The monoisotopic (exact) mass is 314 g/mol. The first-order chi connectivity index (χ1) is 10.6. The van der Waals surface area contributed by atoms with E-state index in [1.165, 1.54) is 5.56 Å². The van der Waals surface area contributed by atoms with Gasteiger partial charge in [0.2, 0.25) is 5.91 Å². The maximum atomic E-state index is 12.2. The summed E-state index contributed by atoms with van der Waals surface area (Å²) in [5.74, 6) is 0.0566. The van der Waals surface area contributed by atoms with Gasteiger partial charge >= 0.3 is 0 Å². The van der Waals surface area contributed by atoms with Crippen molar-refractivity contribution in [3.05, 3.63) is 64.2 Å². The molecule has 1 amide bonds. The number of rotatable bonds is 4. The second-order valence-electron chi connectivity index (χ2n) is 5.67. The number of halogens is 1. The number of benzene rings is 2. The van der Waals surface area contributed by atoms with Crippen LogP contribution in [0.1, 0.15) is 35.6 Å². The van der Waals surface area contributed by atoms with Crippen molar-refractivity contribution in [2.45, 2.75) is 31.7 Å². The van der Waals surface area contributed by atoms with Gasteiger partial charge in [0.15, 0.2) is 0 Å². The van der Waals surface area contributed by atoms with E-state index in [9.17, 15) is 4.79 Å². The smallest absolute Gasteiger partial charge is 0.220 e. The number of para-hydroxylation sites is 1. The average Bonchev–Trinajstić information content (AvgIpc) is 2.91. The molecule has 3 rings (SSSR count). The summed E-state index contributed by atoms with van der Waals surface area (Å²) in [7, 11) is 0. The molecule has 0 bridgehead atoms. The topological polar surface area (TPSA) is 55.1 Å². The van der Waals surface area contributed by atoms with Gasteiger partial charge in [-0.15, -0.1) is 0 Å². The third kappa shape index (κ3) is 3.09. The lowest BCUT2D eigenvalue weighted by Crippen LogP contribution is -2.27. The number of carbonyl (C=O) groups is 1. The zero-order valence-corrected chi connectivity index (χ0v) is 13.1. The predicted octanol–water partition coefficient (Wildman–Crippen LogP) is 3.66. The fourth-order valence-electron chi connectivity index (χ4n) is 3.04. The standard InChI is InChI=1S/C18H19ClN2O/c19-15-6-3-5-14-13(15)9-10-17(14)21-18(22)11-8-12-4-1-2-7-16(12)20/h1-7,17H,8-11,20H2,(H,21,22). The molecule has 0 spiro atoms. The molecule has 22 heavy (non-hydrogen) atoms. The minimum Gasteiger partial charge on any atom is -0.399 e. The summed E-state index contributed by atoms with van der Waals surface area (Å²) >= 11 is 6.20. The lowest BCUT2D eigenvalue weighted by atomic mass is 10.1. The van der Waals surface area contributed by atoms with Crippen molar-refractivity contribution in [1.29, 1.82) is 0 Å². The molecule has 3 N–H and O–H groups in total. The summed E-state index contributed by atoms with van der Waals surface area (Å²) < 4.78 is 0. The van der Waals surface area contributed by atoms with Gasteiger partial charge in [0, 0.05) is 17.1 Å². The Kier molecular flexibility index (Phi) is 4.34. The van der Waals surface area contributed by atoms with Gasteiger partial charge in [0.25, 0.3) is 0 Å². The van der Waals surface area contributed by atoms with Crippen LogP contribution < -0.4 is 11.1 Å². The van der Waals surface area contributed by atoms with Gasteiger partial charge in [-0.1, -0.05) is 41.9 Å². The van der Waals surface area contributed by atoms with Crippen molar-refractivity contribution < 1.29 is 4.79 Å². The predicted molar refractivity (Wildman–Crippen MR) is 89.8 cm³/mol. The SMILES string of the molecule is Nc1ccccc1CCC(=O)NC1CCc2c(Cl)cccc21. The van der Waals surface area contributed by atoms with Crippen LogP contribution in [0.3, 0.4) is 0 Å². The van der Waals surface area contributed by atoms with Crippen molar-refractivity contribution in [1.82, 2.24) is 5.32 Å². The highest BCUT2D eigenvalue weighted by atomic mass is 35.5. The lowest BCUT2D eigenvalue weighted by Gasteiger charge is -2.14. The van der Waals surface area contributed by atoms with Crippen molar-refractivity contribution in [2.24, 2.45) is 0 Å². The Morgan fingerprint density at radius 3 is 2.86 bits per heavy atom. The molecular formula is C18H19ClN2O. The van der Waals surface area contributed by atoms with Gasteiger partial charge < -0.3 is 11.1 Å². The molecular weight excluding hydrogens is 296 g/mol. The fraction of sp³-hybridized carbons (Fsp3) is 0.278. The number of aryl methyl sites for hydroxylation is 1. The van der Waals surface area contributed by atoms with Crippen LogP contribution in [0, 0.1) is 0 Å². The third-order valence-corrected chi connectivity index (χ3v) is 4.58. The van der Waals surface area contributed by atoms with Gasteiger partial charge in [-0.25, -0.2) is 0 Å². The number of hydrogen-bond acceptors (Lipinski definition) is 2. The largest absolute Gasteiger partial charge is 0.399 e. The molecule has 1 aliphatic carbocycles. The first kappa shape index (κ1) is 14.9. The highest BCUT2D eigenvalue weighted by Crippen LogP contribution is 2.35. The quantitative estimate of drug-likeness (QED) is 0.846. The molecule has 1 atom stereocenters. The molecule has 4 heteroatoms. The molecule has 0 saturated carbocycles. The van der Waals surface area contributed by atoms with E-state index < -0.39 is 0 Å². The molecule has 2 aromatic rings. The molecule has 0 aliphatic heterocycles. The molecule has 114 valence electrons. The van der Waals surface area contributed by atoms with Crippen LogP contribution in [0.15, 0.2) is 42.5 Å². The van der Waals surface area contributed by atoms with Crippen LogP contribution in [-0.4, -0.2) is 5.91 Å². The zero-order valence-electron chi connectivity index (χ0n) is 12.3. The van der Waals surface area contributed by atoms with Gasteiger partial charge in [0.1, 0.15) is 0 Å². The highest BCUT2D eigenvalue weighted by molar-refractivity contribution is 6.31. The molecule has 0 radical (unpaired) electrons. The van der Waals surface area contributed by atoms with Crippen molar-refractivity contribution in [3.63, 3.8) is 0 Å². The zero-order chi connectivity index (χ0) is 15.5. The van der Waals surface area contributed by atoms with Crippen molar-refractivity contribution >= 4 is 23.2 Å². The van der Waals surface area contributed by atoms with Gasteiger partial charge in [0.05, 0.1) is 6.04 Å². The third-order valence-electron chi connectivity index (χ3n) is 4.23. The van der Waals surface area contributed by atoms with Crippen LogP contribution in [0.25, 0.3) is 0 Å². The van der Waals surface area contributed by atoms with Crippen molar-refractivity contribution in [3.8, 4) is 0 Å². The number of nitrogens with two attached hydrogens (primary N) is 1. The summed E-state index contributed by atoms with van der Waals surface area (Å²) in [5, 5.41) is 3.91. The van der Waals surface area contributed by atoms with Crippen LogP contribution >= 0.6 is 11.6 Å². The molecule has 0 heterocycles. The molecule has 0 aromatic heterocycles. The molecule has 3 nitrogen and oxygen atoms in total. The normalized spacial score (nSPS) is 16.3. The van der Waals surface area contributed by atoms with E-state index in [1.807, 2.05) is 42.5 Å². The van der Waals surface area contributed by atoms with E-state index in [0.29, 0.717) is 12.8 Å².